The molecule has 2 aromatic heterocycles. The average Bonchev–Trinajstić information content (AvgIpc) is 3.39. The summed E-state index contributed by atoms with van der Waals surface area (Å²) in [5, 5.41) is 5.32. The van der Waals surface area contributed by atoms with Crippen molar-refractivity contribution in [1.82, 2.24) is 9.97 Å². The zero-order chi connectivity index (χ0) is 25.8. The van der Waals surface area contributed by atoms with Gasteiger partial charge < -0.3 is 4.42 Å². The summed E-state index contributed by atoms with van der Waals surface area (Å²) in [6.45, 7) is 0. The van der Waals surface area contributed by atoms with Gasteiger partial charge in [0.05, 0.1) is 11.2 Å². The van der Waals surface area contributed by atoms with Crippen molar-refractivity contribution in [2.24, 2.45) is 0 Å². The molecule has 3 nitrogen and oxygen atoms in total. The van der Waals surface area contributed by atoms with Crippen molar-refractivity contribution >= 4 is 43.6 Å². The average molecular weight is 499 g/mol. The molecule has 0 spiro atoms. The number of fused-ring (bicyclic) bond motifs is 6. The summed E-state index contributed by atoms with van der Waals surface area (Å²) >= 11 is 0. The Morgan fingerprint density at radius 2 is 1.10 bits per heavy atom. The molecule has 8 aromatic rings. The molecule has 2 heterocycles. The standard InChI is InChI=1S/C36H22N2O/c1-3-11-23(12-4-1)25-19-20-33-29(21-25)30-22-31(26-15-7-8-16-27(26)35(30)39-33)36-37-32-18-10-9-17-28(32)34(38-36)24-13-5-2-6-14-24/h1-22H. The maximum atomic E-state index is 6.47. The summed E-state index contributed by atoms with van der Waals surface area (Å²) in [6.07, 6.45) is 0. The lowest BCUT2D eigenvalue weighted by molar-refractivity contribution is 0.673. The van der Waals surface area contributed by atoms with E-state index in [1.165, 1.54) is 5.56 Å². The highest BCUT2D eigenvalue weighted by molar-refractivity contribution is 6.19. The van der Waals surface area contributed by atoms with Gasteiger partial charge in [-0.25, -0.2) is 9.97 Å². The van der Waals surface area contributed by atoms with Crippen molar-refractivity contribution in [2.45, 2.75) is 0 Å². The molecule has 3 heteroatoms. The monoisotopic (exact) mass is 498 g/mol. The fraction of sp³-hybridized carbons (Fsp3) is 0. The Kier molecular flexibility index (Phi) is 4.82. The summed E-state index contributed by atoms with van der Waals surface area (Å²) in [6, 6.07) is 46.0. The van der Waals surface area contributed by atoms with Crippen LogP contribution in [0.3, 0.4) is 0 Å². The topological polar surface area (TPSA) is 38.9 Å². The predicted octanol–water partition coefficient (Wildman–Crippen LogP) is 9.68. The molecule has 0 amide bonds. The maximum absolute atomic E-state index is 6.47. The minimum absolute atomic E-state index is 0.708. The molecule has 0 fully saturated rings. The number of nitrogens with zero attached hydrogens (tertiary/aromatic N) is 2. The van der Waals surface area contributed by atoms with Gasteiger partial charge in [-0.1, -0.05) is 109 Å². The molecule has 0 N–H and O–H groups in total. The summed E-state index contributed by atoms with van der Waals surface area (Å²) in [7, 11) is 0. The van der Waals surface area contributed by atoms with Crippen LogP contribution in [0.15, 0.2) is 138 Å². The summed E-state index contributed by atoms with van der Waals surface area (Å²) in [5.74, 6) is 0.708. The first-order valence-electron chi connectivity index (χ1n) is 13.1. The highest BCUT2D eigenvalue weighted by Crippen LogP contribution is 2.41. The van der Waals surface area contributed by atoms with E-state index in [4.69, 9.17) is 14.4 Å². The van der Waals surface area contributed by atoms with Gasteiger partial charge in [-0.15, -0.1) is 0 Å². The molecule has 39 heavy (non-hydrogen) atoms. The highest BCUT2D eigenvalue weighted by atomic mass is 16.3. The third-order valence-electron chi connectivity index (χ3n) is 7.48. The van der Waals surface area contributed by atoms with Gasteiger partial charge in [0.25, 0.3) is 0 Å². The molecule has 0 unspecified atom stereocenters. The van der Waals surface area contributed by atoms with Gasteiger partial charge in [-0.3, -0.25) is 0 Å². The Labute approximate surface area is 225 Å². The molecule has 0 radical (unpaired) electrons. The van der Waals surface area contributed by atoms with Crippen LogP contribution in [-0.4, -0.2) is 9.97 Å². The van der Waals surface area contributed by atoms with Crippen LogP contribution in [0.4, 0.5) is 0 Å². The van der Waals surface area contributed by atoms with Gasteiger partial charge in [-0.2, -0.15) is 0 Å². The lowest BCUT2D eigenvalue weighted by Gasteiger charge is -2.11. The van der Waals surface area contributed by atoms with Crippen LogP contribution in [0.1, 0.15) is 0 Å². The van der Waals surface area contributed by atoms with E-state index in [1.807, 2.05) is 24.3 Å². The van der Waals surface area contributed by atoms with Crippen LogP contribution < -0.4 is 0 Å². The van der Waals surface area contributed by atoms with Crippen LogP contribution in [0.25, 0.3) is 77.4 Å². The fourth-order valence-electron chi connectivity index (χ4n) is 5.61. The zero-order valence-corrected chi connectivity index (χ0v) is 21.0. The van der Waals surface area contributed by atoms with Gasteiger partial charge in [0, 0.05) is 32.7 Å². The van der Waals surface area contributed by atoms with Gasteiger partial charge in [-0.05, 0) is 40.8 Å². The summed E-state index contributed by atoms with van der Waals surface area (Å²) in [4.78, 5) is 10.3. The van der Waals surface area contributed by atoms with Gasteiger partial charge >= 0.3 is 0 Å². The van der Waals surface area contributed by atoms with Crippen LogP contribution in [0.5, 0.6) is 0 Å². The predicted molar refractivity (Wildman–Crippen MR) is 161 cm³/mol. The van der Waals surface area contributed by atoms with Crippen LogP contribution in [-0.2, 0) is 0 Å². The molecular formula is C36H22N2O. The van der Waals surface area contributed by atoms with Crippen molar-refractivity contribution in [2.75, 3.05) is 0 Å². The molecular weight excluding hydrogens is 476 g/mol. The van der Waals surface area contributed by atoms with E-state index < -0.39 is 0 Å². The highest BCUT2D eigenvalue weighted by Gasteiger charge is 2.18. The van der Waals surface area contributed by atoms with E-state index in [0.29, 0.717) is 5.82 Å². The second-order valence-electron chi connectivity index (χ2n) is 9.80. The number of benzene rings is 6. The number of rotatable bonds is 3. The number of aromatic nitrogens is 2. The largest absolute Gasteiger partial charge is 0.455 e. The Balaban J connectivity index is 1.45. The third-order valence-corrected chi connectivity index (χ3v) is 7.48. The van der Waals surface area contributed by atoms with Gasteiger partial charge in [0.15, 0.2) is 5.82 Å². The van der Waals surface area contributed by atoms with E-state index in [-0.39, 0.29) is 0 Å². The molecule has 182 valence electrons. The van der Waals surface area contributed by atoms with E-state index >= 15 is 0 Å². The first-order valence-corrected chi connectivity index (χ1v) is 13.1. The number of hydrogen-bond donors (Lipinski definition) is 0. The zero-order valence-electron chi connectivity index (χ0n) is 21.0. The molecule has 8 rings (SSSR count). The first-order chi connectivity index (χ1) is 19.3. The number of para-hydroxylation sites is 1. The molecule has 0 saturated heterocycles. The quantitative estimate of drug-likeness (QED) is 0.243. The van der Waals surface area contributed by atoms with E-state index in [9.17, 15) is 0 Å². The summed E-state index contributed by atoms with van der Waals surface area (Å²) < 4.78 is 6.47. The van der Waals surface area contributed by atoms with Crippen LogP contribution in [0.2, 0.25) is 0 Å². The van der Waals surface area contributed by atoms with Gasteiger partial charge in [0.2, 0.25) is 0 Å². The van der Waals surface area contributed by atoms with Crippen LogP contribution >= 0.6 is 0 Å². The Bertz CT molecular complexity index is 2160. The SMILES string of the molecule is c1ccc(-c2ccc3oc4c5ccccc5c(-c5nc(-c6ccccc6)c6ccccc6n5)cc4c3c2)cc1. The van der Waals surface area contributed by atoms with Crippen molar-refractivity contribution < 1.29 is 4.42 Å². The molecule has 6 aromatic carbocycles. The molecule has 0 saturated carbocycles. The minimum Gasteiger partial charge on any atom is -0.455 e. The van der Waals surface area contributed by atoms with E-state index in [1.54, 1.807) is 0 Å². The first kappa shape index (κ1) is 21.8. The fourth-order valence-corrected chi connectivity index (χ4v) is 5.61. The van der Waals surface area contributed by atoms with Gasteiger partial charge in [0.1, 0.15) is 11.2 Å². The van der Waals surface area contributed by atoms with Crippen LogP contribution in [0, 0.1) is 0 Å². The Hall–Kier alpha value is -5.28. The molecule has 0 aliphatic rings. The molecule has 0 atom stereocenters. The third kappa shape index (κ3) is 3.52. The van der Waals surface area contributed by atoms with Crippen molar-refractivity contribution in [1.29, 1.82) is 0 Å². The molecule has 0 aliphatic heterocycles. The smallest absolute Gasteiger partial charge is 0.161 e. The van der Waals surface area contributed by atoms with Crippen molar-refractivity contribution in [3.05, 3.63) is 133 Å². The van der Waals surface area contributed by atoms with Crippen molar-refractivity contribution in [3.63, 3.8) is 0 Å². The lowest BCUT2D eigenvalue weighted by Crippen LogP contribution is -1.96. The minimum atomic E-state index is 0.708. The second kappa shape index (κ2) is 8.64. The Morgan fingerprint density at radius 3 is 1.90 bits per heavy atom. The van der Waals surface area contributed by atoms with Crippen molar-refractivity contribution in [3.8, 4) is 33.8 Å². The Morgan fingerprint density at radius 1 is 0.436 bits per heavy atom. The molecule has 0 bridgehead atoms. The molecule has 0 aliphatic carbocycles. The lowest BCUT2D eigenvalue weighted by atomic mass is 9.97. The second-order valence-corrected chi connectivity index (χ2v) is 9.80. The number of furan rings is 1. The van der Waals surface area contributed by atoms with E-state index in [2.05, 4.69) is 109 Å². The maximum Gasteiger partial charge on any atom is 0.161 e. The number of hydrogen-bond acceptors (Lipinski definition) is 3. The van der Waals surface area contributed by atoms with E-state index in [0.717, 1.165) is 66.0 Å². The summed E-state index contributed by atoms with van der Waals surface area (Å²) in [5.41, 5.74) is 8.03. The normalized spacial score (nSPS) is 11.6.